The minimum Gasteiger partial charge on any atom is -0.391 e. The molecule has 0 N–H and O–H groups in total. The van der Waals surface area contributed by atoms with Crippen LogP contribution >= 0.6 is 11.6 Å². The molecule has 1 aromatic rings. The molecule has 0 radical (unpaired) electrons. The van der Waals surface area contributed by atoms with Gasteiger partial charge in [-0.25, -0.2) is 0 Å². The number of hydrogen-bond acceptors (Lipinski definition) is 2. The maximum absolute atomic E-state index is 6.07. The Labute approximate surface area is 117 Å². The minimum absolute atomic E-state index is 0.693. The highest BCUT2D eigenvalue weighted by atomic mass is 35.5. The molecule has 0 amide bonds. The third kappa shape index (κ3) is 4.09. The van der Waals surface area contributed by atoms with Crippen LogP contribution in [0.25, 0.3) is 0 Å². The fourth-order valence-electron chi connectivity index (χ4n) is 2.08. The summed E-state index contributed by atoms with van der Waals surface area (Å²) >= 11 is 5.95. The highest BCUT2D eigenvalue weighted by molar-refractivity contribution is 6.81. The lowest BCUT2D eigenvalue weighted by atomic mass is 10.4. The first-order valence-corrected chi connectivity index (χ1v) is 9.12. The van der Waals surface area contributed by atoms with E-state index < -0.39 is 8.56 Å². The Morgan fingerprint density at radius 3 is 2.00 bits per heavy atom. The maximum atomic E-state index is 6.07. The highest BCUT2D eigenvalue weighted by Crippen LogP contribution is 2.19. The van der Waals surface area contributed by atoms with E-state index in [2.05, 4.69) is 19.1 Å². The SMILES string of the molecule is CCCC[Si](OCC)(OCC)c1ccc(Cl)cc1. The Balaban J connectivity index is 3.01. The smallest absolute Gasteiger partial charge is 0.372 e. The van der Waals surface area contributed by atoms with E-state index in [1.807, 2.05) is 26.0 Å². The normalized spacial score (nSPS) is 11.8. The van der Waals surface area contributed by atoms with Gasteiger partial charge in [0.05, 0.1) is 0 Å². The molecule has 0 spiro atoms. The average Bonchev–Trinajstić information content (AvgIpc) is 2.37. The fourth-order valence-corrected chi connectivity index (χ4v) is 5.62. The Morgan fingerprint density at radius 1 is 1.00 bits per heavy atom. The van der Waals surface area contributed by atoms with Gasteiger partial charge >= 0.3 is 8.56 Å². The van der Waals surface area contributed by atoms with Crippen LogP contribution in [-0.2, 0) is 8.85 Å². The Hall–Kier alpha value is -0.353. The molecule has 18 heavy (non-hydrogen) atoms. The van der Waals surface area contributed by atoms with Crippen molar-refractivity contribution in [2.45, 2.75) is 39.7 Å². The quantitative estimate of drug-likeness (QED) is 0.676. The summed E-state index contributed by atoms with van der Waals surface area (Å²) in [6.07, 6.45) is 2.29. The lowest BCUT2D eigenvalue weighted by Crippen LogP contribution is -2.53. The zero-order valence-corrected chi connectivity index (χ0v) is 13.3. The molecule has 0 atom stereocenters. The van der Waals surface area contributed by atoms with Crippen LogP contribution in [0.4, 0.5) is 0 Å². The van der Waals surface area contributed by atoms with Crippen LogP contribution in [0.3, 0.4) is 0 Å². The van der Waals surface area contributed by atoms with Crippen LogP contribution in [0, 0.1) is 0 Å². The van der Waals surface area contributed by atoms with E-state index in [1.54, 1.807) is 0 Å². The third-order valence-corrected chi connectivity index (χ3v) is 6.89. The second-order valence-electron chi connectivity index (χ2n) is 4.23. The molecule has 0 saturated heterocycles. The van der Waals surface area contributed by atoms with Crippen molar-refractivity contribution in [3.8, 4) is 0 Å². The van der Waals surface area contributed by atoms with Crippen molar-refractivity contribution in [2.75, 3.05) is 13.2 Å². The number of halogens is 1. The molecule has 0 saturated carbocycles. The monoisotopic (exact) mass is 286 g/mol. The van der Waals surface area contributed by atoms with Crippen molar-refractivity contribution >= 4 is 25.3 Å². The molecule has 2 nitrogen and oxygen atoms in total. The van der Waals surface area contributed by atoms with E-state index in [9.17, 15) is 0 Å². The molecule has 0 aliphatic heterocycles. The van der Waals surface area contributed by atoms with Gasteiger partial charge in [0.25, 0.3) is 0 Å². The summed E-state index contributed by atoms with van der Waals surface area (Å²) < 4.78 is 12.1. The molecular weight excluding hydrogens is 264 g/mol. The topological polar surface area (TPSA) is 18.5 Å². The zero-order chi connectivity index (χ0) is 13.4. The summed E-state index contributed by atoms with van der Waals surface area (Å²) in [5, 5.41) is 1.94. The molecule has 4 heteroatoms. The van der Waals surface area contributed by atoms with Gasteiger partial charge in [-0.05, 0) is 37.2 Å². The third-order valence-electron chi connectivity index (χ3n) is 2.90. The summed E-state index contributed by atoms with van der Waals surface area (Å²) in [6, 6.07) is 8.95. The maximum Gasteiger partial charge on any atom is 0.372 e. The second kappa shape index (κ2) is 7.95. The van der Waals surface area contributed by atoms with E-state index in [0.29, 0.717) is 13.2 Å². The van der Waals surface area contributed by atoms with E-state index in [-0.39, 0.29) is 0 Å². The Kier molecular flexibility index (Phi) is 6.93. The molecule has 1 aromatic carbocycles. The van der Waals surface area contributed by atoms with Gasteiger partial charge in [-0.3, -0.25) is 0 Å². The molecule has 1 rings (SSSR count). The molecule has 0 aromatic heterocycles. The summed E-state index contributed by atoms with van der Waals surface area (Å²) in [6.45, 7) is 7.64. The number of benzene rings is 1. The van der Waals surface area contributed by atoms with Crippen molar-refractivity contribution in [1.82, 2.24) is 0 Å². The molecule has 0 aliphatic rings. The van der Waals surface area contributed by atoms with Gasteiger partial charge in [-0.1, -0.05) is 43.5 Å². The first kappa shape index (κ1) is 15.7. The van der Waals surface area contributed by atoms with E-state index in [4.69, 9.17) is 20.5 Å². The average molecular weight is 287 g/mol. The first-order valence-electron chi connectivity index (χ1n) is 6.72. The molecule has 0 unspecified atom stereocenters. The Morgan fingerprint density at radius 2 is 1.56 bits per heavy atom. The molecule has 0 aliphatic carbocycles. The predicted molar refractivity (Wildman–Crippen MR) is 79.8 cm³/mol. The van der Waals surface area contributed by atoms with Crippen molar-refractivity contribution in [1.29, 1.82) is 0 Å². The standard InChI is InChI=1S/C14H23ClO2Si/c1-4-7-12-18(16-5-2,17-6-3)14-10-8-13(15)9-11-14/h8-11H,4-7,12H2,1-3H3. The van der Waals surface area contributed by atoms with Crippen LogP contribution < -0.4 is 5.19 Å². The lowest BCUT2D eigenvalue weighted by Gasteiger charge is -2.30. The van der Waals surface area contributed by atoms with Gasteiger partial charge in [0.1, 0.15) is 0 Å². The first-order chi connectivity index (χ1) is 8.68. The number of unbranched alkanes of at least 4 members (excludes halogenated alkanes) is 1. The van der Waals surface area contributed by atoms with E-state index >= 15 is 0 Å². The van der Waals surface area contributed by atoms with Crippen molar-refractivity contribution in [2.24, 2.45) is 0 Å². The fraction of sp³-hybridized carbons (Fsp3) is 0.571. The summed E-state index contributed by atoms with van der Waals surface area (Å²) in [5.41, 5.74) is 0. The van der Waals surface area contributed by atoms with Crippen LogP contribution in [0.5, 0.6) is 0 Å². The van der Waals surface area contributed by atoms with Gasteiger partial charge in [-0.15, -0.1) is 0 Å². The number of rotatable bonds is 8. The zero-order valence-electron chi connectivity index (χ0n) is 11.5. The highest BCUT2D eigenvalue weighted by Gasteiger charge is 2.38. The van der Waals surface area contributed by atoms with E-state index in [0.717, 1.165) is 23.9 Å². The van der Waals surface area contributed by atoms with Gasteiger partial charge in [-0.2, -0.15) is 0 Å². The van der Waals surface area contributed by atoms with Crippen molar-refractivity contribution in [3.63, 3.8) is 0 Å². The molecule has 102 valence electrons. The largest absolute Gasteiger partial charge is 0.391 e. The van der Waals surface area contributed by atoms with Gasteiger partial charge < -0.3 is 8.85 Å². The summed E-state index contributed by atoms with van der Waals surface area (Å²) in [4.78, 5) is 0. The minimum atomic E-state index is -2.27. The lowest BCUT2D eigenvalue weighted by molar-refractivity contribution is 0.195. The molecule has 0 fully saturated rings. The molecule has 0 bridgehead atoms. The van der Waals surface area contributed by atoms with Gasteiger partial charge in [0.15, 0.2) is 0 Å². The molecular formula is C14H23ClO2Si. The predicted octanol–water partition coefficient (Wildman–Crippen LogP) is 3.86. The Bertz CT molecular complexity index is 334. The van der Waals surface area contributed by atoms with Gasteiger partial charge in [0, 0.05) is 18.2 Å². The van der Waals surface area contributed by atoms with E-state index in [1.165, 1.54) is 5.19 Å². The molecule has 0 heterocycles. The summed E-state index contributed by atoms with van der Waals surface area (Å²) in [5.74, 6) is 0. The van der Waals surface area contributed by atoms with Crippen molar-refractivity contribution in [3.05, 3.63) is 29.3 Å². The van der Waals surface area contributed by atoms with Gasteiger partial charge in [0.2, 0.25) is 0 Å². The van der Waals surface area contributed by atoms with Crippen LogP contribution in [0.15, 0.2) is 24.3 Å². The van der Waals surface area contributed by atoms with Crippen LogP contribution in [0.1, 0.15) is 33.6 Å². The van der Waals surface area contributed by atoms with Crippen LogP contribution in [-0.4, -0.2) is 21.8 Å². The van der Waals surface area contributed by atoms with Crippen LogP contribution in [0.2, 0.25) is 11.1 Å². The number of hydrogen-bond donors (Lipinski definition) is 0. The summed E-state index contributed by atoms with van der Waals surface area (Å²) in [7, 11) is -2.27. The van der Waals surface area contributed by atoms with Crippen molar-refractivity contribution < 1.29 is 8.85 Å². The second-order valence-corrected chi connectivity index (χ2v) is 7.83.